The number of hydroxylamine groups is 1. The second kappa shape index (κ2) is 6.30. The van der Waals surface area contributed by atoms with E-state index in [1.807, 2.05) is 60.7 Å². The summed E-state index contributed by atoms with van der Waals surface area (Å²) in [6.45, 7) is 2.03. The van der Waals surface area contributed by atoms with E-state index in [2.05, 4.69) is 4.99 Å². The Balaban J connectivity index is 1.94. The number of esters is 1. The standard InChI is InChI=1S/C17H16N2O3/c1-2-21-17(20)16-18-15(13-9-5-3-6-10-13)19(22-16)14-11-7-4-8-12-14/h3-12,15H,2H2,1H3. The summed E-state index contributed by atoms with van der Waals surface area (Å²) in [5, 5.41) is 1.61. The van der Waals surface area contributed by atoms with Gasteiger partial charge in [0.15, 0.2) is 6.17 Å². The molecular weight excluding hydrogens is 280 g/mol. The average Bonchev–Trinajstić information content (AvgIpc) is 3.02. The van der Waals surface area contributed by atoms with Crippen molar-refractivity contribution < 1.29 is 14.4 Å². The van der Waals surface area contributed by atoms with Crippen molar-refractivity contribution in [2.24, 2.45) is 4.99 Å². The molecule has 1 aliphatic heterocycles. The van der Waals surface area contributed by atoms with Gasteiger partial charge in [0, 0.05) is 0 Å². The molecule has 0 bridgehead atoms. The molecule has 1 unspecified atom stereocenters. The van der Waals surface area contributed by atoms with Crippen LogP contribution in [0.1, 0.15) is 18.7 Å². The maximum atomic E-state index is 11.9. The van der Waals surface area contributed by atoms with E-state index in [0.29, 0.717) is 0 Å². The topological polar surface area (TPSA) is 51.1 Å². The molecule has 1 heterocycles. The number of hydrogen-bond acceptors (Lipinski definition) is 5. The Morgan fingerprint density at radius 2 is 1.77 bits per heavy atom. The molecule has 0 saturated heterocycles. The van der Waals surface area contributed by atoms with E-state index in [1.165, 1.54) is 0 Å². The van der Waals surface area contributed by atoms with Crippen LogP contribution < -0.4 is 5.06 Å². The van der Waals surface area contributed by atoms with Gasteiger partial charge in [-0.15, -0.1) is 0 Å². The number of benzene rings is 2. The number of rotatable bonds is 4. The van der Waals surface area contributed by atoms with Gasteiger partial charge >= 0.3 is 11.9 Å². The van der Waals surface area contributed by atoms with Crippen LogP contribution in [0.5, 0.6) is 0 Å². The molecule has 3 rings (SSSR count). The lowest BCUT2D eigenvalue weighted by Crippen LogP contribution is -2.26. The predicted molar refractivity (Wildman–Crippen MR) is 83.3 cm³/mol. The van der Waals surface area contributed by atoms with Crippen LogP contribution in [0.15, 0.2) is 65.7 Å². The van der Waals surface area contributed by atoms with Crippen molar-refractivity contribution in [3.8, 4) is 0 Å². The summed E-state index contributed by atoms with van der Waals surface area (Å²) in [6.07, 6.45) is -0.414. The number of carbonyl (C=O) groups is 1. The molecule has 22 heavy (non-hydrogen) atoms. The van der Waals surface area contributed by atoms with Crippen molar-refractivity contribution >= 4 is 17.6 Å². The third kappa shape index (κ3) is 2.79. The van der Waals surface area contributed by atoms with E-state index >= 15 is 0 Å². The number of ether oxygens (including phenoxy) is 1. The minimum Gasteiger partial charge on any atom is -0.459 e. The van der Waals surface area contributed by atoms with Gasteiger partial charge in [0.2, 0.25) is 0 Å². The van der Waals surface area contributed by atoms with E-state index in [-0.39, 0.29) is 12.5 Å². The Bertz CT molecular complexity index is 671. The molecule has 2 aromatic carbocycles. The molecule has 0 spiro atoms. The van der Waals surface area contributed by atoms with E-state index in [0.717, 1.165) is 11.3 Å². The van der Waals surface area contributed by atoms with Crippen molar-refractivity contribution in [2.45, 2.75) is 13.1 Å². The highest BCUT2D eigenvalue weighted by molar-refractivity contribution is 6.33. The SMILES string of the molecule is CCOC(=O)C1=NC(c2ccccc2)N(c2ccccc2)O1. The third-order valence-corrected chi connectivity index (χ3v) is 3.20. The molecule has 0 amide bonds. The summed E-state index contributed by atoms with van der Waals surface area (Å²) < 4.78 is 4.97. The summed E-state index contributed by atoms with van der Waals surface area (Å²) >= 11 is 0. The minimum atomic E-state index is -0.554. The van der Waals surface area contributed by atoms with Crippen LogP contribution >= 0.6 is 0 Å². The molecule has 5 nitrogen and oxygen atoms in total. The highest BCUT2D eigenvalue weighted by Gasteiger charge is 2.34. The zero-order valence-electron chi connectivity index (χ0n) is 12.2. The zero-order chi connectivity index (χ0) is 15.4. The number of para-hydroxylation sites is 1. The number of nitrogens with zero attached hydrogens (tertiary/aromatic N) is 2. The van der Waals surface area contributed by atoms with Gasteiger partial charge in [-0.1, -0.05) is 48.5 Å². The Morgan fingerprint density at radius 3 is 2.41 bits per heavy atom. The Kier molecular flexibility index (Phi) is 4.05. The van der Waals surface area contributed by atoms with Crippen molar-refractivity contribution in [1.82, 2.24) is 0 Å². The smallest absolute Gasteiger partial charge is 0.396 e. The summed E-state index contributed by atoms with van der Waals surface area (Å²) in [6, 6.07) is 19.2. The predicted octanol–water partition coefficient (Wildman–Crippen LogP) is 3.10. The molecule has 112 valence electrons. The first-order valence-corrected chi connectivity index (χ1v) is 7.11. The molecule has 0 saturated carbocycles. The van der Waals surface area contributed by atoms with Crippen molar-refractivity contribution in [3.63, 3.8) is 0 Å². The highest BCUT2D eigenvalue weighted by atomic mass is 16.7. The first-order chi connectivity index (χ1) is 10.8. The fourth-order valence-corrected chi connectivity index (χ4v) is 2.22. The minimum absolute atomic E-state index is 0.0282. The normalized spacial score (nSPS) is 16.9. The van der Waals surface area contributed by atoms with Gasteiger partial charge in [-0.25, -0.2) is 9.79 Å². The Hall–Kier alpha value is -2.82. The summed E-state index contributed by atoms with van der Waals surface area (Å²) in [4.78, 5) is 21.9. The molecular formula is C17H16N2O3. The molecule has 0 aliphatic carbocycles. The largest absolute Gasteiger partial charge is 0.459 e. The number of aliphatic imine (C=N–C) groups is 1. The zero-order valence-corrected chi connectivity index (χ0v) is 12.2. The fraction of sp³-hybridized carbons (Fsp3) is 0.176. The molecule has 5 heteroatoms. The van der Waals surface area contributed by atoms with Crippen LogP contribution in [0.25, 0.3) is 0 Å². The molecule has 2 aromatic rings. The number of hydrogen-bond donors (Lipinski definition) is 0. The Labute approximate surface area is 128 Å². The summed E-state index contributed by atoms with van der Waals surface area (Å²) in [7, 11) is 0. The second-order valence-corrected chi connectivity index (χ2v) is 4.69. The molecule has 0 fully saturated rings. The van der Waals surface area contributed by atoms with E-state index in [1.54, 1.807) is 12.0 Å². The summed E-state index contributed by atoms with van der Waals surface area (Å²) in [5.74, 6) is -0.582. The fourth-order valence-electron chi connectivity index (χ4n) is 2.22. The van der Waals surface area contributed by atoms with Crippen LogP contribution in [-0.2, 0) is 14.4 Å². The lowest BCUT2D eigenvalue weighted by molar-refractivity contribution is -0.136. The molecule has 0 radical (unpaired) electrons. The number of anilines is 1. The number of carbonyl (C=O) groups excluding carboxylic acids is 1. The first-order valence-electron chi connectivity index (χ1n) is 7.11. The maximum Gasteiger partial charge on any atom is 0.396 e. The maximum absolute atomic E-state index is 11.9. The van der Waals surface area contributed by atoms with Gasteiger partial charge in [0.25, 0.3) is 0 Å². The van der Waals surface area contributed by atoms with Crippen LogP contribution in [-0.4, -0.2) is 18.5 Å². The van der Waals surface area contributed by atoms with Gasteiger partial charge in [-0.05, 0) is 24.6 Å². The van der Waals surface area contributed by atoms with Gasteiger partial charge in [-0.2, -0.15) is 5.06 Å². The van der Waals surface area contributed by atoms with Crippen molar-refractivity contribution in [1.29, 1.82) is 0 Å². The van der Waals surface area contributed by atoms with Crippen LogP contribution in [0.4, 0.5) is 5.69 Å². The van der Waals surface area contributed by atoms with Gasteiger partial charge in [-0.3, -0.25) is 0 Å². The van der Waals surface area contributed by atoms with Crippen LogP contribution in [0.2, 0.25) is 0 Å². The van der Waals surface area contributed by atoms with Crippen molar-refractivity contribution in [2.75, 3.05) is 11.7 Å². The lowest BCUT2D eigenvalue weighted by Gasteiger charge is -2.23. The van der Waals surface area contributed by atoms with Crippen LogP contribution in [0.3, 0.4) is 0 Å². The molecule has 1 aliphatic rings. The van der Waals surface area contributed by atoms with E-state index in [9.17, 15) is 4.79 Å². The molecule has 0 N–H and O–H groups in total. The van der Waals surface area contributed by atoms with E-state index in [4.69, 9.17) is 9.57 Å². The Morgan fingerprint density at radius 1 is 1.14 bits per heavy atom. The monoisotopic (exact) mass is 296 g/mol. The molecule has 1 atom stereocenters. The second-order valence-electron chi connectivity index (χ2n) is 4.69. The van der Waals surface area contributed by atoms with Crippen molar-refractivity contribution in [3.05, 3.63) is 66.2 Å². The van der Waals surface area contributed by atoms with Gasteiger partial charge in [0.05, 0.1) is 12.3 Å². The molecule has 0 aromatic heterocycles. The quantitative estimate of drug-likeness (QED) is 0.814. The summed E-state index contributed by atoms with van der Waals surface area (Å²) in [5.41, 5.74) is 1.75. The third-order valence-electron chi connectivity index (χ3n) is 3.20. The average molecular weight is 296 g/mol. The lowest BCUT2D eigenvalue weighted by atomic mass is 10.1. The first kappa shape index (κ1) is 14.1. The van der Waals surface area contributed by atoms with Gasteiger partial charge < -0.3 is 9.57 Å². The van der Waals surface area contributed by atoms with E-state index < -0.39 is 12.1 Å². The van der Waals surface area contributed by atoms with Crippen LogP contribution in [0, 0.1) is 0 Å². The van der Waals surface area contributed by atoms with Gasteiger partial charge in [0.1, 0.15) is 0 Å². The highest BCUT2D eigenvalue weighted by Crippen LogP contribution is 2.33.